The van der Waals surface area contributed by atoms with Gasteiger partial charge in [0.15, 0.2) is 0 Å². The Morgan fingerprint density at radius 3 is 2.50 bits per heavy atom. The van der Waals surface area contributed by atoms with Crippen LogP contribution >= 0.6 is 23.2 Å². The van der Waals surface area contributed by atoms with Crippen molar-refractivity contribution in [1.29, 1.82) is 0 Å². The van der Waals surface area contributed by atoms with E-state index in [0.717, 1.165) is 23.1 Å². The second kappa shape index (κ2) is 11.1. The minimum atomic E-state index is -0.803. The number of halogens is 2. The van der Waals surface area contributed by atoms with Crippen LogP contribution in [0.15, 0.2) is 41.5 Å². The molecule has 2 aromatic carbocycles. The molecule has 1 aliphatic heterocycles. The maximum Gasteiger partial charge on any atom is 0.306 e. The molecule has 0 saturated heterocycles. The molecule has 2 aromatic rings. The lowest BCUT2D eigenvalue weighted by atomic mass is 9.80. The lowest BCUT2D eigenvalue weighted by molar-refractivity contribution is -0.141. The van der Waals surface area contributed by atoms with Crippen molar-refractivity contribution in [3.8, 4) is 0 Å². The van der Waals surface area contributed by atoms with Gasteiger partial charge in [-0.2, -0.15) is 0 Å². The number of rotatable bonds is 7. The van der Waals surface area contributed by atoms with Crippen LogP contribution in [-0.4, -0.2) is 41.7 Å². The summed E-state index contributed by atoms with van der Waals surface area (Å²) in [5.74, 6) is -1.62. The Balaban J connectivity index is 1.91. The van der Waals surface area contributed by atoms with Gasteiger partial charge in [0, 0.05) is 38.1 Å². The first kappa shape index (κ1) is 25.8. The molecule has 180 valence electrons. The quantitative estimate of drug-likeness (QED) is 0.495. The van der Waals surface area contributed by atoms with Crippen molar-refractivity contribution < 1.29 is 14.7 Å². The average Bonchev–Trinajstić information content (AvgIpc) is 2.81. The highest BCUT2D eigenvalue weighted by atomic mass is 35.5. The van der Waals surface area contributed by atoms with Gasteiger partial charge < -0.3 is 15.7 Å². The second-order valence-electron chi connectivity index (χ2n) is 8.43. The van der Waals surface area contributed by atoms with Crippen molar-refractivity contribution >= 4 is 46.9 Å². The van der Waals surface area contributed by atoms with Crippen LogP contribution in [0.5, 0.6) is 0 Å². The number of hydrogen-bond donors (Lipinski definition) is 2. The molecule has 1 heterocycles. The largest absolute Gasteiger partial charge is 0.481 e. The molecule has 6 nitrogen and oxygen atoms in total. The Bertz CT molecular complexity index is 1140. The van der Waals surface area contributed by atoms with E-state index in [4.69, 9.17) is 28.9 Å². The second-order valence-corrected chi connectivity index (χ2v) is 9.24. The predicted molar refractivity (Wildman–Crippen MR) is 138 cm³/mol. The van der Waals surface area contributed by atoms with Crippen LogP contribution < -0.4 is 5.73 Å². The number of aliphatic carboxylic acids is 1. The van der Waals surface area contributed by atoms with Crippen molar-refractivity contribution in [2.24, 2.45) is 16.6 Å². The fourth-order valence-corrected chi connectivity index (χ4v) is 5.28. The predicted octanol–water partition coefficient (Wildman–Crippen LogP) is 5.41. The lowest BCUT2D eigenvalue weighted by Crippen LogP contribution is -2.37. The van der Waals surface area contributed by atoms with Gasteiger partial charge in [-0.1, -0.05) is 55.2 Å². The first-order chi connectivity index (χ1) is 16.2. The van der Waals surface area contributed by atoms with Gasteiger partial charge in [-0.15, -0.1) is 0 Å². The number of amides is 1. The van der Waals surface area contributed by atoms with Crippen molar-refractivity contribution in [3.63, 3.8) is 0 Å². The zero-order chi connectivity index (χ0) is 25.0. The van der Waals surface area contributed by atoms with Crippen LogP contribution in [0.2, 0.25) is 10.0 Å². The van der Waals surface area contributed by atoms with Gasteiger partial charge in [0.1, 0.15) is 0 Å². The fourth-order valence-electron chi connectivity index (χ4n) is 4.63. The Hall–Kier alpha value is -2.83. The molecule has 0 bridgehead atoms. The summed E-state index contributed by atoms with van der Waals surface area (Å²) in [6, 6.07) is 9.26. The lowest BCUT2D eigenvalue weighted by Gasteiger charge is -2.33. The van der Waals surface area contributed by atoms with E-state index in [-0.39, 0.29) is 27.4 Å². The smallest absolute Gasteiger partial charge is 0.306 e. The number of benzene rings is 2. The third-order valence-corrected chi connectivity index (χ3v) is 7.06. The van der Waals surface area contributed by atoms with Gasteiger partial charge in [-0.25, -0.2) is 0 Å². The molecule has 3 rings (SSSR count). The number of carboxylic acid groups (broad SMARTS) is 1. The van der Waals surface area contributed by atoms with Crippen LogP contribution in [-0.2, 0) is 17.8 Å². The highest BCUT2D eigenvalue weighted by Gasteiger charge is 2.30. The molecule has 0 aromatic heterocycles. The third-order valence-electron chi connectivity index (χ3n) is 6.46. The minimum absolute atomic E-state index is 0.0809. The van der Waals surface area contributed by atoms with E-state index in [1.54, 1.807) is 37.2 Å². The minimum Gasteiger partial charge on any atom is -0.481 e. The summed E-state index contributed by atoms with van der Waals surface area (Å²) in [7, 11) is 1.63. The summed E-state index contributed by atoms with van der Waals surface area (Å²) in [5.41, 5.74) is 10.5. The highest BCUT2D eigenvalue weighted by molar-refractivity contribution is 6.40. The Morgan fingerprint density at radius 2 is 1.94 bits per heavy atom. The molecule has 8 heteroatoms. The summed E-state index contributed by atoms with van der Waals surface area (Å²) in [6.45, 7) is 4.66. The van der Waals surface area contributed by atoms with Crippen LogP contribution in [0.4, 0.5) is 0 Å². The first-order valence-electron chi connectivity index (χ1n) is 11.2. The summed E-state index contributed by atoms with van der Waals surface area (Å²) < 4.78 is 0. The Labute approximate surface area is 210 Å². The molecule has 34 heavy (non-hydrogen) atoms. The summed E-state index contributed by atoms with van der Waals surface area (Å²) in [4.78, 5) is 30.7. The monoisotopic (exact) mass is 501 g/mol. The standard InChI is InChI=1S/C26H29Cl2N3O3/c1-4-19(15(2)26(33)34)21-7-5-6-16-14-31(9-8-20(16)21)25(32)24-22(27)10-17(11-23(24)28)18(12-29)13-30-3/h5-7,10-13,15,19H,4,8-9,14,29H2,1-3H3,(H,33,34)/t15-,19+/m0/s1. The number of carboxylic acids is 1. The molecule has 1 aliphatic rings. The number of hydrogen-bond acceptors (Lipinski definition) is 4. The number of allylic oxidation sites excluding steroid dienone is 1. The number of aliphatic imine (C=N–C) groups is 1. The van der Waals surface area contributed by atoms with E-state index in [2.05, 4.69) is 4.99 Å². The highest BCUT2D eigenvalue weighted by Crippen LogP contribution is 2.36. The van der Waals surface area contributed by atoms with Crippen LogP contribution in [0, 0.1) is 5.92 Å². The molecule has 0 spiro atoms. The van der Waals surface area contributed by atoms with Gasteiger partial charge in [-0.3, -0.25) is 14.6 Å². The van der Waals surface area contributed by atoms with Crippen LogP contribution in [0.3, 0.4) is 0 Å². The molecular weight excluding hydrogens is 473 g/mol. The molecule has 0 saturated carbocycles. The van der Waals surface area contributed by atoms with Crippen molar-refractivity contribution in [1.82, 2.24) is 4.90 Å². The van der Waals surface area contributed by atoms with Crippen molar-refractivity contribution in [2.45, 2.75) is 39.2 Å². The zero-order valence-corrected chi connectivity index (χ0v) is 21.0. The molecule has 0 fully saturated rings. The van der Waals surface area contributed by atoms with Gasteiger partial charge in [0.05, 0.1) is 21.5 Å². The molecule has 0 unspecified atom stereocenters. The van der Waals surface area contributed by atoms with Gasteiger partial charge in [0.25, 0.3) is 5.91 Å². The summed E-state index contributed by atoms with van der Waals surface area (Å²) in [5, 5.41) is 10.0. The van der Waals surface area contributed by atoms with Gasteiger partial charge in [0.2, 0.25) is 0 Å². The average molecular weight is 502 g/mol. The maximum atomic E-state index is 13.4. The maximum absolute atomic E-state index is 13.4. The fraction of sp³-hybridized carbons (Fsp3) is 0.346. The van der Waals surface area contributed by atoms with E-state index in [1.807, 2.05) is 25.1 Å². The van der Waals surface area contributed by atoms with E-state index < -0.39 is 11.9 Å². The Morgan fingerprint density at radius 1 is 1.26 bits per heavy atom. The molecule has 1 amide bonds. The summed E-state index contributed by atoms with van der Waals surface area (Å²) in [6.07, 6.45) is 4.37. The van der Waals surface area contributed by atoms with E-state index in [9.17, 15) is 14.7 Å². The van der Waals surface area contributed by atoms with E-state index in [0.29, 0.717) is 30.6 Å². The van der Waals surface area contributed by atoms with Gasteiger partial charge >= 0.3 is 5.97 Å². The zero-order valence-electron chi connectivity index (χ0n) is 19.5. The van der Waals surface area contributed by atoms with Crippen LogP contribution in [0.1, 0.15) is 58.8 Å². The topological polar surface area (TPSA) is 96.0 Å². The number of fused-ring (bicyclic) bond motifs is 1. The number of nitrogens with zero attached hydrogens (tertiary/aromatic N) is 2. The third kappa shape index (κ3) is 5.13. The molecule has 0 aliphatic carbocycles. The first-order valence-corrected chi connectivity index (χ1v) is 11.9. The van der Waals surface area contributed by atoms with Crippen LogP contribution in [0.25, 0.3) is 5.57 Å². The van der Waals surface area contributed by atoms with Crippen molar-refractivity contribution in [3.05, 3.63) is 74.4 Å². The van der Waals surface area contributed by atoms with E-state index >= 15 is 0 Å². The summed E-state index contributed by atoms with van der Waals surface area (Å²) >= 11 is 13.0. The molecular formula is C26H29Cl2N3O3. The Kier molecular flexibility index (Phi) is 8.39. The number of nitrogens with two attached hydrogens (primary N) is 1. The SMILES string of the molecule is CC[C@@H](c1cccc2c1CCN(C(=O)c1c(Cl)cc(C(C=NC)=CN)cc1Cl)C2)[C@H](C)C(=O)O. The number of carbonyl (C=O) groups excluding carboxylic acids is 1. The number of carbonyl (C=O) groups is 2. The van der Waals surface area contributed by atoms with Gasteiger partial charge in [-0.05, 0) is 53.1 Å². The molecule has 2 atom stereocenters. The normalized spacial score (nSPS) is 15.8. The molecule has 0 radical (unpaired) electrons. The van der Waals surface area contributed by atoms with Crippen molar-refractivity contribution in [2.75, 3.05) is 13.6 Å². The molecule has 3 N–H and O–H groups in total. The van der Waals surface area contributed by atoms with E-state index in [1.165, 1.54) is 6.20 Å².